The van der Waals surface area contributed by atoms with Crippen molar-refractivity contribution >= 4 is 27.9 Å². The summed E-state index contributed by atoms with van der Waals surface area (Å²) in [5, 5.41) is 7.95. The summed E-state index contributed by atoms with van der Waals surface area (Å²) in [4.78, 5) is 29.6. The van der Waals surface area contributed by atoms with Gasteiger partial charge in [0.25, 0.3) is 11.5 Å². The van der Waals surface area contributed by atoms with Gasteiger partial charge < -0.3 is 14.8 Å². The maximum Gasteiger partial charge on any atom is 0.275 e. The van der Waals surface area contributed by atoms with Gasteiger partial charge in [0.05, 0.1) is 5.69 Å². The molecule has 34 heavy (non-hydrogen) atoms. The Labute approximate surface area is 199 Å². The summed E-state index contributed by atoms with van der Waals surface area (Å²) in [5.74, 6) is 0.156. The van der Waals surface area contributed by atoms with Gasteiger partial charge in [0, 0.05) is 24.2 Å². The monoisotopic (exact) mass is 482 g/mol. The highest BCUT2D eigenvalue weighted by Crippen LogP contribution is 2.19. The van der Waals surface area contributed by atoms with E-state index in [1.807, 2.05) is 0 Å². The predicted molar refractivity (Wildman–Crippen MR) is 127 cm³/mol. The maximum absolute atomic E-state index is 12.9. The lowest BCUT2D eigenvalue weighted by atomic mass is 10.3. The molecular weight excluding hydrogens is 459 g/mol. The first-order valence-electron chi connectivity index (χ1n) is 10.8. The lowest BCUT2D eigenvalue weighted by molar-refractivity contribution is -0.118. The summed E-state index contributed by atoms with van der Waals surface area (Å²) < 4.78 is 25.4. The molecule has 10 heteroatoms. The van der Waals surface area contributed by atoms with Crippen molar-refractivity contribution < 1.29 is 18.7 Å². The van der Waals surface area contributed by atoms with Crippen LogP contribution in [-0.2, 0) is 17.8 Å². The first-order chi connectivity index (χ1) is 16.5. The molecule has 176 valence electrons. The van der Waals surface area contributed by atoms with E-state index >= 15 is 0 Å². The second kappa shape index (κ2) is 10.9. The zero-order chi connectivity index (χ0) is 23.9. The number of amides is 1. The SMILES string of the molecule is CCCCc1nn2c(=O)cc(COc3cccc(NC(=O)COc4ccc(F)cc4)c3)nc2s1. The number of unbranched alkanes of at least 4 members (excludes halogenated alkanes) is 1. The summed E-state index contributed by atoms with van der Waals surface area (Å²) in [7, 11) is 0. The molecule has 0 unspecified atom stereocenters. The molecule has 1 N–H and O–H groups in total. The third-order valence-electron chi connectivity index (χ3n) is 4.77. The number of hydrogen-bond donors (Lipinski definition) is 1. The van der Waals surface area contributed by atoms with Gasteiger partial charge in [-0.25, -0.2) is 9.37 Å². The number of halogens is 1. The van der Waals surface area contributed by atoms with Gasteiger partial charge in [-0.2, -0.15) is 9.61 Å². The fourth-order valence-electron chi connectivity index (χ4n) is 3.10. The molecule has 2 aromatic heterocycles. The standard InChI is InChI=1S/C24H23FN4O4S/c1-2-3-7-22-28-29-23(31)13-18(27-24(29)34-22)14-32-20-6-4-5-17(12-20)26-21(30)15-33-19-10-8-16(25)9-11-19/h4-6,8-13H,2-3,7,14-15H2,1H3,(H,26,30). The molecule has 0 spiro atoms. The molecule has 0 saturated heterocycles. The van der Waals surface area contributed by atoms with Gasteiger partial charge in [0.1, 0.15) is 28.9 Å². The van der Waals surface area contributed by atoms with Crippen LogP contribution in [0.2, 0.25) is 0 Å². The van der Waals surface area contributed by atoms with E-state index in [2.05, 4.69) is 22.3 Å². The molecule has 0 atom stereocenters. The number of carbonyl (C=O) groups excluding carboxylic acids is 1. The van der Waals surface area contributed by atoms with Crippen molar-refractivity contribution in [1.82, 2.24) is 14.6 Å². The lowest BCUT2D eigenvalue weighted by Crippen LogP contribution is -2.20. The third kappa shape index (κ3) is 6.16. The zero-order valence-corrected chi connectivity index (χ0v) is 19.3. The van der Waals surface area contributed by atoms with Crippen LogP contribution in [0.3, 0.4) is 0 Å². The molecule has 0 aliphatic carbocycles. The average Bonchev–Trinajstić information content (AvgIpc) is 3.25. The molecule has 0 bridgehead atoms. The zero-order valence-electron chi connectivity index (χ0n) is 18.5. The summed E-state index contributed by atoms with van der Waals surface area (Å²) >= 11 is 1.41. The van der Waals surface area contributed by atoms with Crippen molar-refractivity contribution in [3.63, 3.8) is 0 Å². The number of benzene rings is 2. The van der Waals surface area contributed by atoms with Crippen LogP contribution < -0.4 is 20.3 Å². The Bertz CT molecular complexity index is 1340. The minimum atomic E-state index is -0.377. The van der Waals surface area contributed by atoms with Crippen LogP contribution in [0.15, 0.2) is 59.4 Å². The van der Waals surface area contributed by atoms with E-state index in [1.165, 1.54) is 46.2 Å². The molecule has 2 heterocycles. The Kier molecular flexibility index (Phi) is 7.48. The third-order valence-corrected chi connectivity index (χ3v) is 5.74. The molecule has 8 nitrogen and oxygen atoms in total. The van der Waals surface area contributed by atoms with Crippen molar-refractivity contribution in [3.05, 3.63) is 81.5 Å². The average molecular weight is 483 g/mol. The fourth-order valence-corrected chi connectivity index (χ4v) is 4.06. The minimum Gasteiger partial charge on any atom is -0.487 e. The number of ether oxygens (including phenoxy) is 2. The number of fused-ring (bicyclic) bond motifs is 1. The van der Waals surface area contributed by atoms with E-state index in [-0.39, 0.29) is 30.5 Å². The van der Waals surface area contributed by atoms with Crippen molar-refractivity contribution in [2.24, 2.45) is 0 Å². The van der Waals surface area contributed by atoms with E-state index in [0.29, 0.717) is 27.8 Å². The number of hydrogen-bond acceptors (Lipinski definition) is 7. The number of aryl methyl sites for hydroxylation is 1. The molecule has 0 aliphatic rings. The lowest BCUT2D eigenvalue weighted by Gasteiger charge is -2.10. The minimum absolute atomic E-state index is 0.0962. The molecule has 4 rings (SSSR count). The van der Waals surface area contributed by atoms with Gasteiger partial charge >= 0.3 is 0 Å². The largest absolute Gasteiger partial charge is 0.487 e. The topological polar surface area (TPSA) is 94.8 Å². The normalized spacial score (nSPS) is 10.9. The van der Waals surface area contributed by atoms with Crippen LogP contribution in [0.1, 0.15) is 30.5 Å². The first kappa shape index (κ1) is 23.4. The van der Waals surface area contributed by atoms with E-state index in [9.17, 15) is 14.0 Å². The molecule has 0 fully saturated rings. The second-order valence-corrected chi connectivity index (χ2v) is 8.53. The van der Waals surface area contributed by atoms with Gasteiger partial charge in [-0.3, -0.25) is 9.59 Å². The number of nitrogens with zero attached hydrogens (tertiary/aromatic N) is 3. The maximum atomic E-state index is 12.9. The highest BCUT2D eigenvalue weighted by atomic mass is 32.1. The highest BCUT2D eigenvalue weighted by molar-refractivity contribution is 7.16. The molecule has 1 amide bonds. The highest BCUT2D eigenvalue weighted by Gasteiger charge is 2.10. The Morgan fingerprint density at radius 2 is 1.94 bits per heavy atom. The number of rotatable bonds is 10. The fraction of sp³-hybridized carbons (Fsp3) is 0.250. The predicted octanol–water partition coefficient (Wildman–Crippen LogP) is 4.23. The van der Waals surface area contributed by atoms with Crippen molar-refractivity contribution in [2.45, 2.75) is 32.8 Å². The van der Waals surface area contributed by atoms with E-state index in [0.717, 1.165) is 24.3 Å². The second-order valence-electron chi connectivity index (χ2n) is 7.49. The Balaban J connectivity index is 1.34. The van der Waals surface area contributed by atoms with Crippen LogP contribution in [0.25, 0.3) is 4.96 Å². The molecule has 0 saturated carbocycles. The summed E-state index contributed by atoms with van der Waals surface area (Å²) in [5.41, 5.74) is 0.777. The Morgan fingerprint density at radius 1 is 1.12 bits per heavy atom. The smallest absolute Gasteiger partial charge is 0.275 e. The van der Waals surface area contributed by atoms with Gasteiger partial charge in [-0.05, 0) is 42.8 Å². The summed E-state index contributed by atoms with van der Waals surface area (Å²) in [6.45, 7) is 1.98. The Morgan fingerprint density at radius 3 is 2.74 bits per heavy atom. The number of nitrogens with one attached hydrogen (secondary N) is 1. The van der Waals surface area contributed by atoms with E-state index in [1.54, 1.807) is 24.3 Å². The quantitative estimate of drug-likeness (QED) is 0.364. The summed E-state index contributed by atoms with van der Waals surface area (Å²) in [6, 6.07) is 13.7. The number of aromatic nitrogens is 3. The molecule has 0 radical (unpaired) electrons. The summed E-state index contributed by atoms with van der Waals surface area (Å²) in [6.07, 6.45) is 2.89. The van der Waals surface area contributed by atoms with Crippen LogP contribution in [0.4, 0.5) is 10.1 Å². The van der Waals surface area contributed by atoms with Crippen LogP contribution in [-0.4, -0.2) is 27.1 Å². The van der Waals surface area contributed by atoms with Crippen molar-refractivity contribution in [1.29, 1.82) is 0 Å². The van der Waals surface area contributed by atoms with Crippen molar-refractivity contribution in [3.8, 4) is 11.5 Å². The number of carbonyl (C=O) groups is 1. The first-order valence-corrected chi connectivity index (χ1v) is 11.6. The van der Waals surface area contributed by atoms with E-state index in [4.69, 9.17) is 9.47 Å². The van der Waals surface area contributed by atoms with E-state index < -0.39 is 0 Å². The molecule has 0 aliphatic heterocycles. The van der Waals surface area contributed by atoms with Gasteiger partial charge in [-0.15, -0.1) is 0 Å². The van der Waals surface area contributed by atoms with Crippen molar-refractivity contribution in [2.75, 3.05) is 11.9 Å². The Hall–Kier alpha value is -3.79. The van der Waals surface area contributed by atoms with Crippen LogP contribution in [0, 0.1) is 5.82 Å². The van der Waals surface area contributed by atoms with Gasteiger partial charge in [-0.1, -0.05) is 30.7 Å². The molecule has 4 aromatic rings. The molecule has 2 aromatic carbocycles. The van der Waals surface area contributed by atoms with Gasteiger partial charge in [0.15, 0.2) is 6.61 Å². The van der Waals surface area contributed by atoms with Crippen LogP contribution >= 0.6 is 11.3 Å². The van der Waals surface area contributed by atoms with Crippen LogP contribution in [0.5, 0.6) is 11.5 Å². The van der Waals surface area contributed by atoms with Gasteiger partial charge in [0.2, 0.25) is 4.96 Å². The molecular formula is C24H23FN4O4S. The number of anilines is 1.